The maximum atomic E-state index is 13.5. The zero-order valence-electron chi connectivity index (χ0n) is 10.0. The van der Waals surface area contributed by atoms with Crippen molar-refractivity contribution < 1.29 is 17.6 Å². The van der Waals surface area contributed by atoms with Crippen molar-refractivity contribution in [2.24, 2.45) is 7.05 Å². The summed E-state index contributed by atoms with van der Waals surface area (Å²) in [6, 6.07) is 4.13. The molecule has 102 valence electrons. The summed E-state index contributed by atoms with van der Waals surface area (Å²) >= 11 is 0. The average Bonchev–Trinajstić information content (AvgIpc) is 2.72. The lowest BCUT2D eigenvalue weighted by Crippen LogP contribution is -2.09. The van der Waals surface area contributed by atoms with Crippen molar-refractivity contribution in [3.8, 4) is 0 Å². The molecule has 7 heteroatoms. The highest BCUT2D eigenvalue weighted by atomic mass is 19.4. The molecule has 0 spiro atoms. The monoisotopic (exact) mass is 273 g/mol. The van der Waals surface area contributed by atoms with Gasteiger partial charge in [-0.25, -0.2) is 4.39 Å². The van der Waals surface area contributed by atoms with Crippen LogP contribution in [-0.2, 0) is 19.8 Å². The summed E-state index contributed by atoms with van der Waals surface area (Å²) in [5.41, 5.74) is -0.190. The summed E-state index contributed by atoms with van der Waals surface area (Å²) in [5, 5.41) is 6.66. The normalized spacial score (nSPS) is 11.6. The van der Waals surface area contributed by atoms with Crippen LogP contribution in [0.4, 0.5) is 23.2 Å². The van der Waals surface area contributed by atoms with Gasteiger partial charge in [0.2, 0.25) is 0 Å². The van der Waals surface area contributed by atoms with Crippen LogP contribution < -0.4 is 5.32 Å². The van der Waals surface area contributed by atoms with E-state index in [4.69, 9.17) is 0 Å². The molecule has 0 aliphatic heterocycles. The van der Waals surface area contributed by atoms with Gasteiger partial charge in [-0.2, -0.15) is 18.3 Å². The van der Waals surface area contributed by atoms with Crippen LogP contribution in [0.15, 0.2) is 30.5 Å². The summed E-state index contributed by atoms with van der Waals surface area (Å²) < 4.78 is 52.2. The number of aryl methyl sites for hydroxylation is 1. The SMILES string of the molecule is Cn1nccc1CNc1ccc(C(F)(F)F)cc1F. The minimum Gasteiger partial charge on any atom is -0.377 e. The first-order valence-corrected chi connectivity index (χ1v) is 5.45. The Hall–Kier alpha value is -2.05. The fraction of sp³-hybridized carbons (Fsp3) is 0.250. The van der Waals surface area contributed by atoms with E-state index in [1.165, 1.54) is 0 Å². The predicted molar refractivity (Wildman–Crippen MR) is 61.9 cm³/mol. The first-order valence-electron chi connectivity index (χ1n) is 5.45. The van der Waals surface area contributed by atoms with Crippen LogP contribution in [0.1, 0.15) is 11.3 Å². The number of hydrogen-bond donors (Lipinski definition) is 1. The van der Waals surface area contributed by atoms with Crippen molar-refractivity contribution >= 4 is 5.69 Å². The molecule has 0 saturated heterocycles. The summed E-state index contributed by atoms with van der Waals surface area (Å²) in [7, 11) is 1.72. The van der Waals surface area contributed by atoms with Crippen molar-refractivity contribution in [2.75, 3.05) is 5.32 Å². The molecule has 0 amide bonds. The molecule has 0 atom stereocenters. The van der Waals surface area contributed by atoms with E-state index in [1.807, 2.05) is 0 Å². The number of benzene rings is 1. The number of aromatic nitrogens is 2. The van der Waals surface area contributed by atoms with Gasteiger partial charge in [-0.15, -0.1) is 0 Å². The van der Waals surface area contributed by atoms with E-state index in [0.29, 0.717) is 6.07 Å². The van der Waals surface area contributed by atoms with Gasteiger partial charge in [-0.1, -0.05) is 0 Å². The minimum absolute atomic E-state index is 0.0224. The maximum Gasteiger partial charge on any atom is 0.416 e. The van der Waals surface area contributed by atoms with Gasteiger partial charge in [0.25, 0.3) is 0 Å². The lowest BCUT2D eigenvalue weighted by Gasteiger charge is -2.11. The Morgan fingerprint density at radius 2 is 2.00 bits per heavy atom. The second-order valence-corrected chi connectivity index (χ2v) is 3.99. The molecule has 0 radical (unpaired) electrons. The second-order valence-electron chi connectivity index (χ2n) is 3.99. The third-order valence-electron chi connectivity index (χ3n) is 2.68. The van der Waals surface area contributed by atoms with Crippen LogP contribution in [0.2, 0.25) is 0 Å². The number of nitrogens with zero attached hydrogens (tertiary/aromatic N) is 2. The molecule has 3 nitrogen and oxygen atoms in total. The third kappa shape index (κ3) is 3.04. The average molecular weight is 273 g/mol. The molecule has 0 saturated carbocycles. The number of rotatable bonds is 3. The Kier molecular flexibility index (Phi) is 3.46. The Morgan fingerprint density at radius 1 is 1.26 bits per heavy atom. The van der Waals surface area contributed by atoms with E-state index in [1.54, 1.807) is 24.0 Å². The van der Waals surface area contributed by atoms with E-state index in [9.17, 15) is 17.6 Å². The van der Waals surface area contributed by atoms with E-state index in [2.05, 4.69) is 10.4 Å². The summed E-state index contributed by atoms with van der Waals surface area (Å²) in [6.07, 6.45) is -2.96. The Balaban J connectivity index is 2.12. The molecule has 0 aliphatic rings. The van der Waals surface area contributed by atoms with Crippen LogP contribution in [0.3, 0.4) is 0 Å². The zero-order valence-corrected chi connectivity index (χ0v) is 10.0. The largest absolute Gasteiger partial charge is 0.416 e. The van der Waals surface area contributed by atoms with Crippen molar-refractivity contribution in [2.45, 2.75) is 12.7 Å². The van der Waals surface area contributed by atoms with Gasteiger partial charge in [0.1, 0.15) is 5.82 Å². The second kappa shape index (κ2) is 4.91. The van der Waals surface area contributed by atoms with Crippen molar-refractivity contribution in [3.05, 3.63) is 47.5 Å². The fourth-order valence-corrected chi connectivity index (χ4v) is 1.60. The van der Waals surface area contributed by atoms with Gasteiger partial charge < -0.3 is 5.32 Å². The highest BCUT2D eigenvalue weighted by Crippen LogP contribution is 2.31. The lowest BCUT2D eigenvalue weighted by atomic mass is 10.2. The maximum absolute atomic E-state index is 13.5. The fourth-order valence-electron chi connectivity index (χ4n) is 1.60. The molecule has 0 aliphatic carbocycles. The topological polar surface area (TPSA) is 29.9 Å². The van der Waals surface area contributed by atoms with E-state index in [0.717, 1.165) is 17.8 Å². The molecule has 0 unspecified atom stereocenters. The molecule has 1 aromatic carbocycles. The molecule has 19 heavy (non-hydrogen) atoms. The summed E-state index contributed by atoms with van der Waals surface area (Å²) in [5.74, 6) is -0.933. The summed E-state index contributed by atoms with van der Waals surface area (Å²) in [6.45, 7) is 0.277. The van der Waals surface area contributed by atoms with Gasteiger partial charge in [0.05, 0.1) is 23.5 Å². The van der Waals surface area contributed by atoms with Gasteiger partial charge in [0, 0.05) is 13.2 Å². The zero-order chi connectivity index (χ0) is 14.0. The Bertz CT molecular complexity index is 575. The summed E-state index contributed by atoms with van der Waals surface area (Å²) in [4.78, 5) is 0. The third-order valence-corrected chi connectivity index (χ3v) is 2.68. The first-order chi connectivity index (χ1) is 8.88. The molecule has 0 fully saturated rings. The lowest BCUT2D eigenvalue weighted by molar-refractivity contribution is -0.137. The first kappa shape index (κ1) is 13.4. The Labute approximate surface area is 106 Å². The highest BCUT2D eigenvalue weighted by molar-refractivity contribution is 5.47. The quantitative estimate of drug-likeness (QED) is 0.870. The molecule has 0 bridgehead atoms. The molecule has 1 N–H and O–H groups in total. The molecule has 2 rings (SSSR count). The molecular weight excluding hydrogens is 262 g/mol. The number of nitrogens with one attached hydrogen (secondary N) is 1. The van der Waals surface area contributed by atoms with E-state index < -0.39 is 17.6 Å². The van der Waals surface area contributed by atoms with Crippen LogP contribution in [0, 0.1) is 5.82 Å². The number of alkyl halides is 3. The van der Waals surface area contributed by atoms with E-state index in [-0.39, 0.29) is 12.2 Å². The standard InChI is InChI=1S/C12H11F4N3/c1-19-9(4-5-18-19)7-17-11-3-2-8(6-10(11)13)12(14,15)16/h2-6,17H,7H2,1H3. The number of anilines is 1. The van der Waals surface area contributed by atoms with Crippen molar-refractivity contribution in [1.29, 1.82) is 0 Å². The van der Waals surface area contributed by atoms with Gasteiger partial charge in [0.15, 0.2) is 0 Å². The minimum atomic E-state index is -4.54. The van der Waals surface area contributed by atoms with Crippen LogP contribution >= 0.6 is 0 Å². The highest BCUT2D eigenvalue weighted by Gasteiger charge is 2.31. The van der Waals surface area contributed by atoms with Gasteiger partial charge in [-0.05, 0) is 24.3 Å². The van der Waals surface area contributed by atoms with Crippen molar-refractivity contribution in [3.63, 3.8) is 0 Å². The Morgan fingerprint density at radius 3 is 2.53 bits per heavy atom. The molecule has 1 aromatic heterocycles. The number of hydrogen-bond acceptors (Lipinski definition) is 2. The molecular formula is C12H11F4N3. The molecule has 1 heterocycles. The van der Waals surface area contributed by atoms with Crippen LogP contribution in [0.25, 0.3) is 0 Å². The van der Waals surface area contributed by atoms with Gasteiger partial charge >= 0.3 is 6.18 Å². The van der Waals surface area contributed by atoms with E-state index >= 15 is 0 Å². The van der Waals surface area contributed by atoms with Crippen LogP contribution in [0.5, 0.6) is 0 Å². The van der Waals surface area contributed by atoms with Crippen LogP contribution in [-0.4, -0.2) is 9.78 Å². The predicted octanol–water partition coefficient (Wildman–Crippen LogP) is 3.19. The van der Waals surface area contributed by atoms with Crippen molar-refractivity contribution in [1.82, 2.24) is 9.78 Å². The van der Waals surface area contributed by atoms with Gasteiger partial charge in [-0.3, -0.25) is 4.68 Å². The number of halogens is 4. The smallest absolute Gasteiger partial charge is 0.377 e. The molecule has 2 aromatic rings.